The number of nitrogens with one attached hydrogen (secondary N) is 1. The van der Waals surface area contributed by atoms with Crippen LogP contribution in [0.4, 0.5) is 28.6 Å². The third-order valence-electron chi connectivity index (χ3n) is 5.96. The van der Waals surface area contributed by atoms with E-state index >= 15 is 0 Å². The molecule has 0 saturated heterocycles. The molecule has 0 fully saturated rings. The maximum absolute atomic E-state index is 11.2. The Balaban J connectivity index is 1.56. The van der Waals surface area contributed by atoms with Crippen LogP contribution in [-0.2, 0) is 0 Å². The van der Waals surface area contributed by atoms with Crippen molar-refractivity contribution in [3.63, 3.8) is 0 Å². The fraction of sp³-hybridized carbons (Fsp3) is 0. The molecular weight excluding hydrogens is 492 g/mol. The van der Waals surface area contributed by atoms with Crippen LogP contribution in [0.15, 0.2) is 136 Å². The van der Waals surface area contributed by atoms with E-state index in [1.807, 2.05) is 91.0 Å². The first-order valence-corrected chi connectivity index (χ1v) is 12.1. The number of aromatic nitrogens is 3. The van der Waals surface area contributed by atoms with Gasteiger partial charge in [0.15, 0.2) is 11.3 Å². The Morgan fingerprint density at radius 3 is 2.00 bits per heavy atom. The Labute approximate surface area is 222 Å². The minimum atomic E-state index is -0.465. The molecule has 1 N–H and O–H groups in total. The van der Waals surface area contributed by atoms with E-state index in [9.17, 15) is 10.1 Å². The van der Waals surface area contributed by atoms with Gasteiger partial charge in [-0.05, 0) is 18.2 Å². The number of aromatic amines is 1. The molecule has 0 aliphatic carbocycles. The van der Waals surface area contributed by atoms with Gasteiger partial charge < -0.3 is 0 Å². The third kappa shape index (κ3) is 4.81. The van der Waals surface area contributed by atoms with E-state index in [-0.39, 0.29) is 5.69 Å². The van der Waals surface area contributed by atoms with Crippen LogP contribution >= 0.6 is 0 Å². The fourth-order valence-electron chi connectivity index (χ4n) is 4.11. The number of imidazole rings is 1. The number of rotatable bonds is 7. The number of fused-ring (bicyclic) bond motifs is 1. The fourth-order valence-corrected chi connectivity index (χ4v) is 4.11. The first kappa shape index (κ1) is 23.6. The van der Waals surface area contributed by atoms with Gasteiger partial charge in [-0.2, -0.15) is 5.11 Å². The minimum Gasteiger partial charge on any atom is -0.288 e. The lowest BCUT2D eigenvalue weighted by atomic mass is 10.1. The van der Waals surface area contributed by atoms with Crippen molar-refractivity contribution in [2.24, 2.45) is 20.5 Å². The van der Waals surface area contributed by atoms with Gasteiger partial charge in [-0.15, -0.1) is 15.3 Å². The van der Waals surface area contributed by atoms with Gasteiger partial charge in [0.1, 0.15) is 5.69 Å². The zero-order chi connectivity index (χ0) is 26.6. The average Bonchev–Trinajstić information content (AvgIpc) is 3.53. The Morgan fingerprint density at radius 1 is 0.692 bits per heavy atom. The van der Waals surface area contributed by atoms with Crippen molar-refractivity contribution in [3.05, 3.63) is 125 Å². The predicted octanol–water partition coefficient (Wildman–Crippen LogP) is 8.74. The Hall–Kier alpha value is -5.77. The second kappa shape index (κ2) is 10.3. The topological polar surface area (TPSA) is 126 Å². The van der Waals surface area contributed by atoms with Crippen molar-refractivity contribution < 1.29 is 4.92 Å². The summed E-state index contributed by atoms with van der Waals surface area (Å²) in [6, 6.07) is 34.8. The maximum atomic E-state index is 11.2. The number of nitrogens with zero attached hydrogens (tertiary/aromatic N) is 7. The van der Waals surface area contributed by atoms with Crippen LogP contribution in [0.5, 0.6) is 0 Å². The molecule has 0 amide bonds. The molecule has 0 bridgehead atoms. The molecule has 6 rings (SSSR count). The van der Waals surface area contributed by atoms with Crippen LogP contribution < -0.4 is 0 Å². The van der Waals surface area contributed by atoms with Crippen molar-refractivity contribution in [1.82, 2.24) is 14.6 Å². The smallest absolute Gasteiger partial charge is 0.271 e. The van der Waals surface area contributed by atoms with Gasteiger partial charge in [-0.3, -0.25) is 15.2 Å². The summed E-state index contributed by atoms with van der Waals surface area (Å²) >= 11 is 0. The van der Waals surface area contributed by atoms with E-state index in [0.29, 0.717) is 39.9 Å². The highest BCUT2D eigenvalue weighted by Crippen LogP contribution is 2.40. The standard InChI is InChI=1S/C29H20N8O2/c38-37(39)24-18-10-17-23(19-24)32-33-27-25(20-11-4-1-5-12-20)35-36-28(27)30-26(21-13-6-2-7-14-21)29(36)34-31-22-15-8-3-9-16-22/h1-19,35H. The molecule has 0 radical (unpaired) electrons. The monoisotopic (exact) mass is 512 g/mol. The van der Waals surface area contributed by atoms with Crippen molar-refractivity contribution in [3.8, 4) is 22.5 Å². The van der Waals surface area contributed by atoms with Gasteiger partial charge in [0.2, 0.25) is 5.82 Å². The molecule has 0 spiro atoms. The zero-order valence-electron chi connectivity index (χ0n) is 20.4. The van der Waals surface area contributed by atoms with Crippen LogP contribution in [0.25, 0.3) is 28.2 Å². The number of nitro groups is 1. The highest BCUT2D eigenvalue weighted by Gasteiger charge is 2.22. The molecule has 2 heterocycles. The number of hydrogen-bond donors (Lipinski definition) is 1. The van der Waals surface area contributed by atoms with Crippen molar-refractivity contribution in [1.29, 1.82) is 0 Å². The Morgan fingerprint density at radius 2 is 1.31 bits per heavy atom. The van der Waals surface area contributed by atoms with Crippen molar-refractivity contribution in [2.45, 2.75) is 0 Å². The second-order valence-corrected chi connectivity index (χ2v) is 8.52. The number of nitro benzene ring substituents is 1. The maximum Gasteiger partial charge on any atom is 0.271 e. The highest BCUT2D eigenvalue weighted by atomic mass is 16.6. The Kier molecular flexibility index (Phi) is 6.24. The predicted molar refractivity (Wildman–Crippen MR) is 148 cm³/mol. The summed E-state index contributed by atoms with van der Waals surface area (Å²) in [6.45, 7) is 0. The summed E-state index contributed by atoms with van der Waals surface area (Å²) in [5, 5.41) is 32.5. The molecule has 6 aromatic rings. The molecule has 0 aliphatic rings. The summed E-state index contributed by atoms with van der Waals surface area (Å²) in [4.78, 5) is 15.7. The van der Waals surface area contributed by atoms with Crippen molar-refractivity contribution in [2.75, 3.05) is 0 Å². The molecule has 10 heteroatoms. The van der Waals surface area contributed by atoms with E-state index in [1.54, 1.807) is 16.6 Å². The summed E-state index contributed by atoms with van der Waals surface area (Å²) in [5.41, 5.74) is 4.95. The van der Waals surface area contributed by atoms with E-state index < -0.39 is 4.92 Å². The van der Waals surface area contributed by atoms with Crippen LogP contribution in [-0.4, -0.2) is 19.5 Å². The first-order chi connectivity index (χ1) is 19.2. The third-order valence-corrected chi connectivity index (χ3v) is 5.96. The van der Waals surface area contributed by atoms with Crippen LogP contribution in [0.2, 0.25) is 0 Å². The zero-order valence-corrected chi connectivity index (χ0v) is 20.4. The molecule has 4 aromatic carbocycles. The van der Waals surface area contributed by atoms with Gasteiger partial charge in [-0.25, -0.2) is 9.50 Å². The summed E-state index contributed by atoms with van der Waals surface area (Å²) in [5.74, 6) is 0.494. The lowest BCUT2D eigenvalue weighted by molar-refractivity contribution is -0.384. The van der Waals surface area contributed by atoms with Crippen molar-refractivity contribution >= 4 is 34.2 Å². The first-order valence-electron chi connectivity index (χ1n) is 12.1. The highest BCUT2D eigenvalue weighted by molar-refractivity contribution is 5.87. The molecule has 39 heavy (non-hydrogen) atoms. The molecule has 188 valence electrons. The summed E-state index contributed by atoms with van der Waals surface area (Å²) < 4.78 is 1.74. The SMILES string of the molecule is O=[N+]([O-])c1cccc(N=Nc2c(-c3ccccc3)[nH]n3c(N=Nc4ccccc4)c(-c4ccccc4)nc23)c1. The average molecular weight is 513 g/mol. The minimum absolute atomic E-state index is 0.0651. The molecule has 2 aromatic heterocycles. The molecule has 0 saturated carbocycles. The van der Waals surface area contributed by atoms with E-state index in [2.05, 4.69) is 25.6 Å². The van der Waals surface area contributed by atoms with E-state index in [0.717, 1.165) is 11.1 Å². The summed E-state index contributed by atoms with van der Waals surface area (Å²) in [7, 11) is 0. The van der Waals surface area contributed by atoms with Gasteiger partial charge in [0.25, 0.3) is 5.69 Å². The normalized spacial score (nSPS) is 11.6. The quantitative estimate of drug-likeness (QED) is 0.130. The molecule has 10 nitrogen and oxygen atoms in total. The lowest BCUT2D eigenvalue weighted by Crippen LogP contribution is -1.86. The molecule has 0 unspecified atom stereocenters. The largest absolute Gasteiger partial charge is 0.288 e. The summed E-state index contributed by atoms with van der Waals surface area (Å²) in [6.07, 6.45) is 0. The number of azo groups is 2. The van der Waals surface area contributed by atoms with Gasteiger partial charge >= 0.3 is 0 Å². The van der Waals surface area contributed by atoms with E-state index in [4.69, 9.17) is 4.98 Å². The molecule has 0 aliphatic heterocycles. The van der Waals surface area contributed by atoms with Gasteiger partial charge in [0, 0.05) is 23.3 Å². The number of benzene rings is 4. The van der Waals surface area contributed by atoms with Crippen LogP contribution in [0.1, 0.15) is 0 Å². The Bertz CT molecular complexity index is 1830. The second-order valence-electron chi connectivity index (χ2n) is 8.52. The van der Waals surface area contributed by atoms with Crippen LogP contribution in [0, 0.1) is 10.1 Å². The lowest BCUT2D eigenvalue weighted by Gasteiger charge is -2.01. The van der Waals surface area contributed by atoms with Crippen LogP contribution in [0.3, 0.4) is 0 Å². The number of H-pyrrole nitrogens is 1. The number of hydrogen-bond acceptors (Lipinski definition) is 7. The molecule has 0 atom stereocenters. The van der Waals surface area contributed by atoms with Gasteiger partial charge in [0.05, 0.1) is 22.0 Å². The van der Waals surface area contributed by atoms with E-state index in [1.165, 1.54) is 12.1 Å². The number of non-ortho nitro benzene ring substituents is 1. The van der Waals surface area contributed by atoms with Gasteiger partial charge in [-0.1, -0.05) is 84.9 Å². The molecular formula is C29H20N8O2.